The molecule has 0 saturated heterocycles. The summed E-state index contributed by atoms with van der Waals surface area (Å²) in [6, 6.07) is 0. The standard InChI is InChI=1S/C6H10O3P.3C4H9.Sn/c1-4-5-6-10(7,8-2)9-3;3*1-3-4-2;/h1,4-6H,2-3H3;3*1,3-4H2,2H3;/b4-1?,6-5+;;;;. The van der Waals surface area contributed by atoms with Gasteiger partial charge in [-0.2, -0.15) is 0 Å². The van der Waals surface area contributed by atoms with Crippen LogP contribution in [0.3, 0.4) is 0 Å². The summed E-state index contributed by atoms with van der Waals surface area (Å²) in [6.45, 7) is 6.86. The van der Waals surface area contributed by atoms with E-state index < -0.39 is 26.0 Å². The molecule has 0 atom stereocenters. The van der Waals surface area contributed by atoms with Crippen molar-refractivity contribution in [2.75, 3.05) is 14.2 Å². The van der Waals surface area contributed by atoms with Crippen LogP contribution in [-0.2, 0) is 13.6 Å². The van der Waals surface area contributed by atoms with Crippen molar-refractivity contribution in [1.82, 2.24) is 0 Å². The Balaban J connectivity index is 5.10. The third-order valence-corrected chi connectivity index (χ3v) is 20.1. The van der Waals surface area contributed by atoms with Crippen LogP contribution in [0.5, 0.6) is 0 Å². The Kier molecular flexibility index (Phi) is 13.9. The zero-order chi connectivity index (χ0) is 17.6. The molecule has 3 nitrogen and oxygen atoms in total. The van der Waals surface area contributed by atoms with Crippen LogP contribution in [0.25, 0.3) is 0 Å². The molecule has 0 aromatic rings. The molecule has 0 bridgehead atoms. The molecule has 0 unspecified atom stereocenters. The van der Waals surface area contributed by atoms with Crippen molar-refractivity contribution in [2.24, 2.45) is 0 Å². The Labute approximate surface area is 148 Å². The zero-order valence-electron chi connectivity index (χ0n) is 15.8. The summed E-state index contributed by atoms with van der Waals surface area (Å²) in [5, 5.41) is 0. The van der Waals surface area contributed by atoms with Gasteiger partial charge in [0.15, 0.2) is 0 Å². The molecule has 0 N–H and O–H groups in total. The fraction of sp³-hybridized carbons (Fsp3) is 0.778. The van der Waals surface area contributed by atoms with Crippen LogP contribution >= 0.6 is 7.60 Å². The number of rotatable bonds is 14. The number of unbranched alkanes of at least 4 members (excludes halogenated alkanes) is 3. The van der Waals surface area contributed by atoms with Gasteiger partial charge < -0.3 is 0 Å². The Hall–Kier alpha value is 0.429. The van der Waals surface area contributed by atoms with Gasteiger partial charge in [0.05, 0.1) is 0 Å². The fourth-order valence-electron chi connectivity index (χ4n) is 2.82. The van der Waals surface area contributed by atoms with Crippen molar-refractivity contribution in [1.29, 1.82) is 0 Å². The predicted molar refractivity (Wildman–Crippen MR) is 105 cm³/mol. The number of hydrogen-bond donors (Lipinski definition) is 0. The van der Waals surface area contributed by atoms with E-state index in [0.29, 0.717) is 0 Å². The monoisotopic (exact) mass is 452 g/mol. The van der Waals surface area contributed by atoms with Gasteiger partial charge in [-0.3, -0.25) is 0 Å². The minimum absolute atomic E-state index is 1.28. The zero-order valence-corrected chi connectivity index (χ0v) is 19.6. The second-order valence-electron chi connectivity index (χ2n) is 6.28. The molecule has 0 saturated carbocycles. The molecular formula is C18H37O3PSn. The molecule has 0 rings (SSSR count). The Bertz CT molecular complexity index is 364. The summed E-state index contributed by atoms with van der Waals surface area (Å²) < 4.78 is 28.8. The molecular weight excluding hydrogens is 414 g/mol. The quantitative estimate of drug-likeness (QED) is 0.163. The van der Waals surface area contributed by atoms with Crippen molar-refractivity contribution in [3.63, 3.8) is 0 Å². The normalized spacial score (nSPS) is 13.4. The molecule has 0 amide bonds. The van der Waals surface area contributed by atoms with E-state index in [1.165, 1.54) is 66.1 Å². The van der Waals surface area contributed by atoms with E-state index in [-0.39, 0.29) is 0 Å². The van der Waals surface area contributed by atoms with E-state index in [0.717, 1.165) is 0 Å². The van der Waals surface area contributed by atoms with Crippen LogP contribution in [0.2, 0.25) is 13.3 Å². The van der Waals surface area contributed by atoms with Crippen molar-refractivity contribution in [2.45, 2.75) is 72.6 Å². The predicted octanol–water partition coefficient (Wildman–Crippen LogP) is 6.93. The van der Waals surface area contributed by atoms with Gasteiger partial charge in [-0.1, -0.05) is 0 Å². The fourth-order valence-corrected chi connectivity index (χ4v) is 17.6. The van der Waals surface area contributed by atoms with Gasteiger partial charge in [0, 0.05) is 0 Å². The average Bonchev–Trinajstić information content (AvgIpc) is 2.59. The minimum atomic E-state index is -3.04. The molecule has 0 spiro atoms. The van der Waals surface area contributed by atoms with Gasteiger partial charge in [0.2, 0.25) is 0 Å². The van der Waals surface area contributed by atoms with Crippen LogP contribution in [0, 0.1) is 0 Å². The van der Waals surface area contributed by atoms with E-state index in [9.17, 15) is 4.57 Å². The molecule has 0 aliphatic carbocycles. The van der Waals surface area contributed by atoms with Gasteiger partial charge in [-0.25, -0.2) is 0 Å². The molecule has 0 radical (unpaired) electrons. The first-order chi connectivity index (χ1) is 11.0. The number of allylic oxidation sites excluding steroid dienone is 2. The summed E-state index contributed by atoms with van der Waals surface area (Å²) >= 11 is -2.22. The molecule has 0 aromatic heterocycles. The van der Waals surface area contributed by atoms with Crippen molar-refractivity contribution < 1.29 is 13.6 Å². The Morgan fingerprint density at radius 3 is 1.61 bits per heavy atom. The molecule has 0 aliphatic rings. The van der Waals surface area contributed by atoms with Gasteiger partial charge in [0.25, 0.3) is 0 Å². The van der Waals surface area contributed by atoms with Gasteiger partial charge in [-0.05, 0) is 0 Å². The van der Waals surface area contributed by atoms with Crippen molar-refractivity contribution in [3.8, 4) is 0 Å². The van der Waals surface area contributed by atoms with Gasteiger partial charge in [0.1, 0.15) is 0 Å². The molecule has 0 fully saturated rings. The average molecular weight is 451 g/mol. The summed E-state index contributed by atoms with van der Waals surface area (Å²) in [4.78, 5) is 0. The second-order valence-corrected chi connectivity index (χ2v) is 21.4. The van der Waals surface area contributed by atoms with Crippen molar-refractivity contribution >= 4 is 26.0 Å². The van der Waals surface area contributed by atoms with Gasteiger partial charge in [-0.15, -0.1) is 0 Å². The van der Waals surface area contributed by atoms with E-state index in [2.05, 4.69) is 30.9 Å². The van der Waals surface area contributed by atoms with E-state index in [1.54, 1.807) is 5.82 Å². The Morgan fingerprint density at radius 2 is 1.26 bits per heavy atom. The first-order valence-corrected chi connectivity index (χ1v) is 18.4. The van der Waals surface area contributed by atoms with E-state index in [4.69, 9.17) is 9.05 Å². The molecule has 136 valence electrons. The van der Waals surface area contributed by atoms with Crippen molar-refractivity contribution in [3.05, 3.63) is 22.1 Å². The molecule has 5 heteroatoms. The summed E-state index contributed by atoms with van der Waals surface area (Å²) in [5.74, 6) is 1.57. The molecule has 23 heavy (non-hydrogen) atoms. The number of hydrogen-bond acceptors (Lipinski definition) is 3. The van der Waals surface area contributed by atoms with Crippen LogP contribution in [0.4, 0.5) is 0 Å². The van der Waals surface area contributed by atoms with E-state index in [1.807, 2.05) is 6.08 Å². The molecule has 0 aromatic carbocycles. The summed E-state index contributed by atoms with van der Waals surface area (Å²) in [6.07, 6.45) is 11.9. The maximum atomic E-state index is 12.0. The van der Waals surface area contributed by atoms with Crippen LogP contribution in [0.15, 0.2) is 22.1 Å². The second kappa shape index (κ2) is 13.7. The first kappa shape index (κ1) is 23.4. The maximum absolute atomic E-state index is 12.0. The van der Waals surface area contributed by atoms with Crippen LogP contribution in [0.1, 0.15) is 59.3 Å². The molecule has 0 heterocycles. The van der Waals surface area contributed by atoms with E-state index >= 15 is 0 Å². The molecule has 0 aliphatic heterocycles. The van der Waals surface area contributed by atoms with Crippen LogP contribution in [-0.4, -0.2) is 32.6 Å². The van der Waals surface area contributed by atoms with Crippen LogP contribution < -0.4 is 0 Å². The third kappa shape index (κ3) is 10.1. The first-order valence-electron chi connectivity index (χ1n) is 9.09. The summed E-state index contributed by atoms with van der Waals surface area (Å²) in [7, 11) is -0.191. The Morgan fingerprint density at radius 1 is 0.826 bits per heavy atom. The third-order valence-electron chi connectivity index (χ3n) is 4.42. The topological polar surface area (TPSA) is 35.5 Å². The SMILES string of the molecule is CCC[CH2][Sn](/[CH]=C/C=C/P(=O)(OC)OC)([CH2]CCC)[CH2]CCC. The summed E-state index contributed by atoms with van der Waals surface area (Å²) in [5.41, 5.74) is 0. The van der Waals surface area contributed by atoms with Gasteiger partial charge >= 0.3 is 148 Å².